The van der Waals surface area contributed by atoms with Gasteiger partial charge < -0.3 is 0 Å². The second-order valence-electron chi connectivity index (χ2n) is 2.59. The molecule has 71 valence electrons. The predicted molar refractivity (Wildman–Crippen MR) is 52.3 cm³/mol. The molecule has 1 radical (unpaired) electrons. The molecule has 0 aliphatic heterocycles. The fraction of sp³-hybridized carbons (Fsp3) is 0.364. The van der Waals surface area contributed by atoms with Gasteiger partial charge in [-0.3, -0.25) is 4.79 Å². The molecular weight excluding hydrogens is 164 g/mol. The quantitative estimate of drug-likeness (QED) is 0.657. The second-order valence-corrected chi connectivity index (χ2v) is 2.59. The van der Waals surface area contributed by atoms with E-state index in [2.05, 4.69) is 0 Å². The number of hydrogen-bond donors (Lipinski definition) is 0. The largest absolute Gasteiger partial charge is 0.298 e. The van der Waals surface area contributed by atoms with Crippen molar-refractivity contribution in [3.63, 3.8) is 0 Å². The van der Waals surface area contributed by atoms with E-state index in [0.717, 1.165) is 24.7 Å². The summed E-state index contributed by atoms with van der Waals surface area (Å²) in [5, 5.41) is 9.53. The summed E-state index contributed by atoms with van der Waals surface area (Å²) < 4.78 is 0. The van der Waals surface area contributed by atoms with E-state index in [9.17, 15) is 9.90 Å². The normalized spacial score (nSPS) is 8.46. The van der Waals surface area contributed by atoms with Crippen LogP contribution in [0.5, 0.6) is 0 Å². The monoisotopic (exact) mass is 179 g/mol. The number of carbonyl (C=O) groups excluding carboxylic acids is 1. The molecule has 0 atom stereocenters. The van der Waals surface area contributed by atoms with E-state index in [4.69, 9.17) is 0 Å². The number of aldehydes is 1. The van der Waals surface area contributed by atoms with Crippen molar-refractivity contribution < 1.29 is 9.90 Å². The van der Waals surface area contributed by atoms with Crippen LogP contribution in [0.15, 0.2) is 30.3 Å². The Kier molecular flexibility index (Phi) is 8.15. The molecule has 1 rings (SSSR count). The zero-order valence-electron chi connectivity index (χ0n) is 7.90. The zero-order chi connectivity index (χ0) is 9.94. The first-order chi connectivity index (χ1) is 6.35. The van der Waals surface area contributed by atoms with Crippen LogP contribution in [0.1, 0.15) is 30.1 Å². The fourth-order valence-electron chi connectivity index (χ4n) is 0.676. The van der Waals surface area contributed by atoms with Crippen LogP contribution in [-0.4, -0.2) is 12.9 Å². The molecule has 0 heterocycles. The molecule has 0 fully saturated rings. The number of benzene rings is 1. The van der Waals surface area contributed by atoms with E-state index in [0.29, 0.717) is 0 Å². The first-order valence-corrected chi connectivity index (χ1v) is 4.43. The maximum Gasteiger partial charge on any atom is 0.150 e. The molecule has 1 aromatic carbocycles. The molecule has 0 amide bonds. The van der Waals surface area contributed by atoms with Crippen molar-refractivity contribution in [2.45, 2.75) is 19.8 Å². The first kappa shape index (κ1) is 11.8. The molecule has 0 aromatic heterocycles. The topological polar surface area (TPSA) is 37.0 Å². The van der Waals surface area contributed by atoms with Crippen molar-refractivity contribution in [3.8, 4) is 0 Å². The summed E-state index contributed by atoms with van der Waals surface area (Å²) in [5.41, 5.74) is 0.729. The molecule has 0 aliphatic rings. The standard InChI is InChI=1S/C7H6O.C4H9O/c8-6-7-4-2-1-3-5-7;1-2-3-4-5/h1-6H;2-4H2,1H3. The van der Waals surface area contributed by atoms with Crippen molar-refractivity contribution in [1.29, 1.82) is 0 Å². The molecular formula is C11H15O2. The highest BCUT2D eigenvalue weighted by molar-refractivity contribution is 5.74. The van der Waals surface area contributed by atoms with Crippen molar-refractivity contribution in [2.75, 3.05) is 6.61 Å². The minimum Gasteiger partial charge on any atom is -0.298 e. The summed E-state index contributed by atoms with van der Waals surface area (Å²) in [7, 11) is 0. The zero-order valence-corrected chi connectivity index (χ0v) is 7.90. The third-order valence-electron chi connectivity index (χ3n) is 1.43. The van der Waals surface area contributed by atoms with Gasteiger partial charge in [-0.1, -0.05) is 43.7 Å². The van der Waals surface area contributed by atoms with Crippen LogP contribution in [0, 0.1) is 0 Å². The summed E-state index contributed by atoms with van der Waals surface area (Å²) in [6.45, 7) is 2.11. The number of rotatable bonds is 3. The Morgan fingerprint density at radius 3 is 2.08 bits per heavy atom. The number of unbranched alkanes of at least 4 members (excludes halogenated alkanes) is 1. The molecule has 0 saturated carbocycles. The maximum atomic E-state index is 10.0. The van der Waals surface area contributed by atoms with Crippen LogP contribution in [-0.2, 0) is 5.11 Å². The number of carbonyl (C=O) groups is 1. The van der Waals surface area contributed by atoms with Gasteiger partial charge in [-0.15, -0.1) is 0 Å². The minimum atomic E-state index is 0.0938. The highest BCUT2D eigenvalue weighted by Gasteiger charge is 1.80. The molecule has 0 saturated heterocycles. The van der Waals surface area contributed by atoms with Crippen LogP contribution < -0.4 is 0 Å². The van der Waals surface area contributed by atoms with Gasteiger partial charge in [0.2, 0.25) is 0 Å². The smallest absolute Gasteiger partial charge is 0.150 e. The predicted octanol–water partition coefficient (Wildman–Crippen LogP) is 2.72. The molecule has 0 bridgehead atoms. The van der Waals surface area contributed by atoms with Gasteiger partial charge in [0.1, 0.15) is 6.29 Å². The van der Waals surface area contributed by atoms with Gasteiger partial charge in [0.25, 0.3) is 0 Å². The average molecular weight is 179 g/mol. The van der Waals surface area contributed by atoms with E-state index in [1.165, 1.54) is 0 Å². The lowest BCUT2D eigenvalue weighted by Crippen LogP contribution is -1.73. The van der Waals surface area contributed by atoms with Crippen LogP contribution in [0.3, 0.4) is 0 Å². The minimum absolute atomic E-state index is 0.0938. The molecule has 0 N–H and O–H groups in total. The Balaban J connectivity index is 0.000000252. The summed E-state index contributed by atoms with van der Waals surface area (Å²) in [4.78, 5) is 10.0. The van der Waals surface area contributed by atoms with Crippen LogP contribution >= 0.6 is 0 Å². The first-order valence-electron chi connectivity index (χ1n) is 4.43. The molecule has 2 nitrogen and oxygen atoms in total. The van der Waals surface area contributed by atoms with Crippen molar-refractivity contribution in [2.24, 2.45) is 0 Å². The van der Waals surface area contributed by atoms with Gasteiger partial charge >= 0.3 is 0 Å². The molecule has 0 aliphatic carbocycles. The lowest BCUT2D eigenvalue weighted by Gasteiger charge is -1.81. The highest BCUT2D eigenvalue weighted by atomic mass is 16.2. The van der Waals surface area contributed by atoms with Gasteiger partial charge in [-0.05, 0) is 6.42 Å². The van der Waals surface area contributed by atoms with E-state index in [1.807, 2.05) is 25.1 Å². The summed E-state index contributed by atoms with van der Waals surface area (Å²) in [5.74, 6) is 0. The van der Waals surface area contributed by atoms with E-state index in [-0.39, 0.29) is 6.61 Å². The summed E-state index contributed by atoms with van der Waals surface area (Å²) >= 11 is 0. The van der Waals surface area contributed by atoms with Crippen molar-refractivity contribution >= 4 is 6.29 Å². The Morgan fingerprint density at radius 1 is 1.23 bits per heavy atom. The molecule has 0 spiro atoms. The fourth-order valence-corrected chi connectivity index (χ4v) is 0.676. The van der Waals surface area contributed by atoms with Crippen molar-refractivity contribution in [3.05, 3.63) is 35.9 Å². The van der Waals surface area contributed by atoms with Gasteiger partial charge in [0.15, 0.2) is 0 Å². The van der Waals surface area contributed by atoms with E-state index >= 15 is 0 Å². The Labute approximate surface area is 79.2 Å². The Bertz CT molecular complexity index is 205. The lowest BCUT2D eigenvalue weighted by atomic mass is 10.2. The maximum absolute atomic E-state index is 10.0. The SMILES string of the molecule is CCCC[O].O=Cc1ccccc1. The third kappa shape index (κ3) is 7.22. The Morgan fingerprint density at radius 2 is 1.85 bits per heavy atom. The van der Waals surface area contributed by atoms with Gasteiger partial charge in [-0.2, -0.15) is 0 Å². The van der Waals surface area contributed by atoms with Crippen LogP contribution in [0.2, 0.25) is 0 Å². The van der Waals surface area contributed by atoms with Crippen LogP contribution in [0.4, 0.5) is 0 Å². The lowest BCUT2D eigenvalue weighted by molar-refractivity contribution is 0.112. The van der Waals surface area contributed by atoms with Gasteiger partial charge in [0, 0.05) is 5.56 Å². The average Bonchev–Trinajstić information content (AvgIpc) is 2.21. The molecule has 0 unspecified atom stereocenters. The second kappa shape index (κ2) is 8.94. The van der Waals surface area contributed by atoms with E-state index in [1.54, 1.807) is 12.1 Å². The summed E-state index contributed by atoms with van der Waals surface area (Å²) in [6.07, 6.45) is 2.70. The molecule has 1 aromatic rings. The summed E-state index contributed by atoms with van der Waals surface area (Å²) in [6, 6.07) is 9.10. The molecule has 13 heavy (non-hydrogen) atoms. The van der Waals surface area contributed by atoms with Gasteiger partial charge in [0.05, 0.1) is 6.61 Å². The van der Waals surface area contributed by atoms with E-state index < -0.39 is 0 Å². The molecule has 2 heteroatoms. The number of hydrogen-bond acceptors (Lipinski definition) is 1. The van der Waals surface area contributed by atoms with Crippen LogP contribution in [0.25, 0.3) is 0 Å². The van der Waals surface area contributed by atoms with Gasteiger partial charge in [-0.25, -0.2) is 5.11 Å². The van der Waals surface area contributed by atoms with Crippen molar-refractivity contribution in [1.82, 2.24) is 0 Å². The Hall–Kier alpha value is -1.15. The highest BCUT2D eigenvalue weighted by Crippen LogP contribution is 1.91. The third-order valence-corrected chi connectivity index (χ3v) is 1.43.